The zero-order valence-electron chi connectivity index (χ0n) is 14.8. The van der Waals surface area contributed by atoms with Gasteiger partial charge in [0.2, 0.25) is 0 Å². The molecule has 0 saturated carbocycles. The van der Waals surface area contributed by atoms with Gasteiger partial charge in [-0.05, 0) is 36.1 Å². The fourth-order valence-electron chi connectivity index (χ4n) is 2.57. The highest BCUT2D eigenvalue weighted by atomic mass is 16.6. The molecule has 0 aliphatic heterocycles. The number of rotatable bonds is 8. The normalized spacial score (nSPS) is 10.4. The van der Waals surface area contributed by atoms with Gasteiger partial charge in [-0.2, -0.15) is 5.26 Å². The number of anilines is 1. The first-order chi connectivity index (χ1) is 13.0. The highest BCUT2D eigenvalue weighted by molar-refractivity contribution is 5.81. The van der Waals surface area contributed by atoms with Crippen molar-refractivity contribution in [2.75, 3.05) is 19.0 Å². The fraction of sp³-hybridized carbons (Fsp3) is 0.200. The van der Waals surface area contributed by atoms with Crippen LogP contribution in [0.2, 0.25) is 0 Å². The van der Waals surface area contributed by atoms with E-state index in [9.17, 15) is 20.2 Å². The smallest absolute Gasteiger partial charge is 0.330 e. The zero-order chi connectivity index (χ0) is 19.6. The topological polar surface area (TPSA) is 105 Å². The molecule has 0 aromatic heterocycles. The number of nitrogens with one attached hydrogen (secondary N) is 1. The number of nitro groups is 1. The second-order valence-electron chi connectivity index (χ2n) is 5.67. The first-order valence-electron chi connectivity index (χ1n) is 8.29. The lowest BCUT2D eigenvalue weighted by Crippen LogP contribution is -2.06. The molecule has 0 aliphatic carbocycles. The van der Waals surface area contributed by atoms with Crippen LogP contribution in [0.25, 0.3) is 0 Å². The Labute approximate surface area is 157 Å². The Balaban J connectivity index is 2.10. The Morgan fingerprint density at radius 3 is 2.63 bits per heavy atom. The molecule has 0 spiro atoms. The molecule has 0 atom stereocenters. The molecule has 2 rings (SSSR count). The lowest BCUT2D eigenvalue weighted by atomic mass is 9.98. The summed E-state index contributed by atoms with van der Waals surface area (Å²) in [6.07, 6.45) is 4.22. The Bertz CT molecular complexity index is 883. The molecule has 0 saturated heterocycles. The van der Waals surface area contributed by atoms with Gasteiger partial charge in [-0.25, -0.2) is 4.79 Å². The van der Waals surface area contributed by atoms with E-state index in [0.717, 1.165) is 16.8 Å². The number of carbonyl (C=O) groups excluding carboxylic acids is 1. The predicted octanol–water partition coefficient (Wildman–Crippen LogP) is 3.39. The number of ether oxygens (including phenoxy) is 1. The van der Waals surface area contributed by atoms with Gasteiger partial charge < -0.3 is 10.1 Å². The predicted molar refractivity (Wildman–Crippen MR) is 101 cm³/mol. The number of hydrogen-bond donors (Lipinski definition) is 1. The number of non-ortho nitro benzene ring substituents is 1. The van der Waals surface area contributed by atoms with E-state index < -0.39 is 10.9 Å². The molecule has 0 bridgehead atoms. The van der Waals surface area contributed by atoms with E-state index in [1.807, 2.05) is 6.07 Å². The van der Waals surface area contributed by atoms with Gasteiger partial charge in [0.25, 0.3) is 5.69 Å². The Morgan fingerprint density at radius 2 is 2.00 bits per heavy atom. The third kappa shape index (κ3) is 5.68. The first kappa shape index (κ1) is 19.7. The minimum absolute atomic E-state index is 0.0518. The second-order valence-corrected chi connectivity index (χ2v) is 5.67. The maximum absolute atomic E-state index is 11.1. The van der Waals surface area contributed by atoms with Crippen molar-refractivity contribution in [3.8, 4) is 6.07 Å². The summed E-state index contributed by atoms with van der Waals surface area (Å²) in [5, 5.41) is 23.3. The number of carbonyl (C=O) groups is 1. The van der Waals surface area contributed by atoms with Crippen molar-refractivity contribution in [1.82, 2.24) is 0 Å². The largest absolute Gasteiger partial charge is 0.466 e. The van der Waals surface area contributed by atoms with Gasteiger partial charge in [-0.15, -0.1) is 0 Å². The highest BCUT2D eigenvalue weighted by Crippen LogP contribution is 2.22. The summed E-state index contributed by atoms with van der Waals surface area (Å²) in [7, 11) is 1.31. The molecule has 2 aromatic carbocycles. The average molecular weight is 365 g/mol. The minimum Gasteiger partial charge on any atom is -0.466 e. The third-order valence-electron chi connectivity index (χ3n) is 3.97. The van der Waals surface area contributed by atoms with Gasteiger partial charge in [0.15, 0.2) is 0 Å². The van der Waals surface area contributed by atoms with Crippen molar-refractivity contribution in [3.05, 3.63) is 81.4 Å². The quantitative estimate of drug-likeness (QED) is 0.333. The van der Waals surface area contributed by atoms with Gasteiger partial charge in [0.1, 0.15) is 0 Å². The molecular formula is C20H19N3O4. The van der Waals surface area contributed by atoms with E-state index in [1.165, 1.54) is 25.3 Å². The van der Waals surface area contributed by atoms with Crippen LogP contribution in [0.3, 0.4) is 0 Å². The molecule has 0 unspecified atom stereocenters. The van der Waals surface area contributed by atoms with Crippen LogP contribution < -0.4 is 5.32 Å². The molecule has 0 aliphatic rings. The molecule has 2 aromatic rings. The van der Waals surface area contributed by atoms with Crippen molar-refractivity contribution in [3.63, 3.8) is 0 Å². The van der Waals surface area contributed by atoms with E-state index in [4.69, 9.17) is 0 Å². The molecule has 138 valence electrons. The van der Waals surface area contributed by atoms with Crippen LogP contribution in [-0.4, -0.2) is 24.5 Å². The zero-order valence-corrected chi connectivity index (χ0v) is 14.8. The summed E-state index contributed by atoms with van der Waals surface area (Å²) in [6.45, 7) is 0.411. The summed E-state index contributed by atoms with van der Waals surface area (Å²) in [5.74, 6) is -0.430. The molecule has 0 heterocycles. The second kappa shape index (κ2) is 9.73. The Morgan fingerprint density at radius 1 is 1.26 bits per heavy atom. The molecular weight excluding hydrogens is 346 g/mol. The van der Waals surface area contributed by atoms with Gasteiger partial charge in [0, 0.05) is 30.4 Å². The molecule has 0 radical (unpaired) electrons. The number of aryl methyl sites for hydroxylation is 1. The molecule has 27 heavy (non-hydrogen) atoms. The summed E-state index contributed by atoms with van der Waals surface area (Å²) < 4.78 is 4.53. The molecule has 7 heteroatoms. The van der Waals surface area contributed by atoms with E-state index in [-0.39, 0.29) is 5.69 Å². The number of nitrogens with zero attached hydrogens (tertiary/aromatic N) is 2. The SMILES string of the molecule is COC(=O)C=CCNc1cccc(C#N)c1CCc1ccc([N+](=O)[O-])cc1. The Kier molecular flexibility index (Phi) is 7.08. The van der Waals surface area contributed by atoms with Crippen LogP contribution in [0.5, 0.6) is 0 Å². The van der Waals surface area contributed by atoms with Gasteiger partial charge >= 0.3 is 5.97 Å². The number of nitriles is 1. The van der Waals surface area contributed by atoms with E-state index >= 15 is 0 Å². The van der Waals surface area contributed by atoms with Gasteiger partial charge in [-0.3, -0.25) is 10.1 Å². The maximum Gasteiger partial charge on any atom is 0.330 e. The summed E-state index contributed by atoms with van der Waals surface area (Å²) in [5.41, 5.74) is 3.25. The van der Waals surface area contributed by atoms with Crippen molar-refractivity contribution in [2.24, 2.45) is 0 Å². The lowest BCUT2D eigenvalue weighted by Gasteiger charge is -2.12. The molecule has 1 N–H and O–H groups in total. The highest BCUT2D eigenvalue weighted by Gasteiger charge is 2.09. The van der Waals surface area contributed by atoms with E-state index in [0.29, 0.717) is 24.9 Å². The summed E-state index contributed by atoms with van der Waals surface area (Å²) >= 11 is 0. The third-order valence-corrected chi connectivity index (χ3v) is 3.97. The maximum atomic E-state index is 11.1. The molecule has 7 nitrogen and oxygen atoms in total. The van der Waals surface area contributed by atoms with E-state index in [1.54, 1.807) is 30.3 Å². The molecule has 0 amide bonds. The van der Waals surface area contributed by atoms with Gasteiger partial charge in [0.05, 0.1) is 23.7 Å². The summed E-state index contributed by atoms with van der Waals surface area (Å²) in [6, 6.07) is 14.0. The van der Waals surface area contributed by atoms with Crippen LogP contribution in [0.15, 0.2) is 54.6 Å². The van der Waals surface area contributed by atoms with Crippen molar-refractivity contribution >= 4 is 17.3 Å². The number of methoxy groups -OCH3 is 1. The van der Waals surface area contributed by atoms with Crippen LogP contribution in [-0.2, 0) is 22.4 Å². The standard InChI is InChI=1S/C20H19N3O4/c1-27-20(24)6-3-13-22-19-5-2-4-16(14-21)18(19)12-9-15-7-10-17(11-8-15)23(25)26/h2-8,10-11,22H,9,12-13H2,1H3. The number of hydrogen-bond acceptors (Lipinski definition) is 6. The van der Waals surface area contributed by atoms with Crippen LogP contribution in [0.1, 0.15) is 16.7 Å². The Hall–Kier alpha value is -3.66. The minimum atomic E-state index is -0.432. The number of esters is 1. The fourth-order valence-corrected chi connectivity index (χ4v) is 2.57. The van der Waals surface area contributed by atoms with Gasteiger partial charge in [-0.1, -0.05) is 24.3 Å². The number of nitro benzene ring substituents is 1. The molecule has 0 fully saturated rings. The lowest BCUT2D eigenvalue weighted by molar-refractivity contribution is -0.384. The van der Waals surface area contributed by atoms with Crippen LogP contribution in [0, 0.1) is 21.4 Å². The monoisotopic (exact) mass is 365 g/mol. The first-order valence-corrected chi connectivity index (χ1v) is 8.29. The van der Waals surface area contributed by atoms with Crippen molar-refractivity contribution < 1.29 is 14.5 Å². The average Bonchev–Trinajstić information content (AvgIpc) is 2.69. The van der Waals surface area contributed by atoms with Crippen molar-refractivity contribution in [2.45, 2.75) is 12.8 Å². The van der Waals surface area contributed by atoms with Crippen molar-refractivity contribution in [1.29, 1.82) is 5.26 Å². The number of benzene rings is 2. The van der Waals surface area contributed by atoms with E-state index in [2.05, 4.69) is 16.1 Å². The van der Waals surface area contributed by atoms with Crippen LogP contribution >= 0.6 is 0 Å². The van der Waals surface area contributed by atoms with Crippen LogP contribution in [0.4, 0.5) is 11.4 Å². The summed E-state index contributed by atoms with van der Waals surface area (Å²) in [4.78, 5) is 21.4.